The number of halogens is 2. The van der Waals surface area contributed by atoms with Crippen LogP contribution >= 0.6 is 0 Å². The second-order valence-electron chi connectivity index (χ2n) is 5.98. The minimum Gasteiger partial charge on any atom is -0.289 e. The molecule has 3 heteroatoms. The van der Waals surface area contributed by atoms with E-state index >= 15 is 0 Å². The molecule has 0 radical (unpaired) electrons. The van der Waals surface area contributed by atoms with Crippen molar-refractivity contribution in [3.8, 4) is 0 Å². The first-order chi connectivity index (χ1) is 14.2. The number of ketones is 1. The molecule has 0 bridgehead atoms. The van der Waals surface area contributed by atoms with Gasteiger partial charge in [0.05, 0.1) is 0 Å². The van der Waals surface area contributed by atoms with Gasteiger partial charge in [-0.15, -0.1) is 0 Å². The quantitative estimate of drug-likeness (QED) is 0.349. The van der Waals surface area contributed by atoms with Crippen molar-refractivity contribution < 1.29 is 13.6 Å². The van der Waals surface area contributed by atoms with Gasteiger partial charge in [0.2, 0.25) is 0 Å². The van der Waals surface area contributed by atoms with Crippen molar-refractivity contribution in [3.05, 3.63) is 144 Å². The molecule has 0 spiro atoms. The summed E-state index contributed by atoms with van der Waals surface area (Å²) in [6.45, 7) is -0.360. The molecule has 0 heterocycles. The highest BCUT2D eigenvalue weighted by molar-refractivity contribution is 6.08. The smallest absolute Gasteiger partial charge is 0.193 e. The van der Waals surface area contributed by atoms with E-state index in [1.807, 2.05) is 78.9 Å². The standard InChI is InChI=1S/C13H10O.C7H7F.C6H5F/c14-13(11-7-3-1-4-8-11)12-9-5-2-6-10-12;8-6-7-4-2-1-3-5-7;7-6-4-2-1-3-5-6/h1-10H;1-5H,6H2;1-5H. The Morgan fingerprint density at radius 3 is 1.17 bits per heavy atom. The summed E-state index contributed by atoms with van der Waals surface area (Å²) in [6, 6.07) is 35.6. The molecule has 0 amide bonds. The van der Waals surface area contributed by atoms with Crippen LogP contribution in [0.3, 0.4) is 0 Å². The van der Waals surface area contributed by atoms with E-state index in [9.17, 15) is 13.6 Å². The molecule has 0 atom stereocenters. The Balaban J connectivity index is 0.000000170. The molecule has 1 nitrogen and oxygen atoms in total. The van der Waals surface area contributed by atoms with Crippen molar-refractivity contribution in [2.24, 2.45) is 0 Å². The van der Waals surface area contributed by atoms with E-state index in [4.69, 9.17) is 0 Å². The van der Waals surface area contributed by atoms with Crippen LogP contribution in [0, 0.1) is 5.82 Å². The van der Waals surface area contributed by atoms with Crippen molar-refractivity contribution in [1.82, 2.24) is 0 Å². The van der Waals surface area contributed by atoms with Crippen molar-refractivity contribution in [3.63, 3.8) is 0 Å². The molecule has 4 rings (SSSR count). The maximum atomic E-state index is 11.9. The molecule has 4 aromatic carbocycles. The highest BCUT2D eigenvalue weighted by Gasteiger charge is 2.06. The van der Waals surface area contributed by atoms with Gasteiger partial charge < -0.3 is 0 Å². The minimum absolute atomic E-state index is 0.0752. The van der Waals surface area contributed by atoms with Crippen LogP contribution in [0.5, 0.6) is 0 Å². The lowest BCUT2D eigenvalue weighted by molar-refractivity contribution is 0.103. The first-order valence-corrected chi connectivity index (χ1v) is 9.16. The lowest BCUT2D eigenvalue weighted by Crippen LogP contribution is -1.99. The topological polar surface area (TPSA) is 17.1 Å². The normalized spacial score (nSPS) is 9.31. The Labute approximate surface area is 170 Å². The van der Waals surface area contributed by atoms with Gasteiger partial charge in [-0.2, -0.15) is 0 Å². The Morgan fingerprint density at radius 2 is 0.897 bits per heavy atom. The second kappa shape index (κ2) is 12.7. The molecular weight excluding hydrogens is 366 g/mol. The van der Waals surface area contributed by atoms with Crippen molar-refractivity contribution in [1.29, 1.82) is 0 Å². The first-order valence-electron chi connectivity index (χ1n) is 9.16. The zero-order valence-corrected chi connectivity index (χ0v) is 15.9. The van der Waals surface area contributed by atoms with Crippen LogP contribution in [-0.2, 0) is 6.67 Å². The van der Waals surface area contributed by atoms with E-state index < -0.39 is 0 Å². The van der Waals surface area contributed by atoms with Crippen molar-refractivity contribution in [2.75, 3.05) is 0 Å². The van der Waals surface area contributed by atoms with E-state index in [0.29, 0.717) is 0 Å². The van der Waals surface area contributed by atoms with Gasteiger partial charge in [0, 0.05) is 11.1 Å². The molecule has 0 fully saturated rings. The number of carbonyl (C=O) groups excluding carboxylic acids is 1. The summed E-state index contributed by atoms with van der Waals surface area (Å²) in [7, 11) is 0. The average molecular weight is 388 g/mol. The van der Waals surface area contributed by atoms with Crippen LogP contribution < -0.4 is 0 Å². The molecule has 4 aromatic rings. The zero-order chi connectivity index (χ0) is 20.7. The minimum atomic E-state index is -0.360. The van der Waals surface area contributed by atoms with Gasteiger partial charge in [0.15, 0.2) is 5.78 Å². The Bertz CT molecular complexity index is 899. The van der Waals surface area contributed by atoms with Gasteiger partial charge >= 0.3 is 0 Å². The van der Waals surface area contributed by atoms with Crippen LogP contribution in [0.15, 0.2) is 121 Å². The molecule has 146 valence electrons. The molecule has 0 saturated heterocycles. The SMILES string of the molecule is FCc1ccccc1.Fc1ccccc1.O=C(c1ccccc1)c1ccccc1. The summed E-state index contributed by atoms with van der Waals surface area (Å²) >= 11 is 0. The van der Waals surface area contributed by atoms with E-state index in [1.165, 1.54) is 12.1 Å². The van der Waals surface area contributed by atoms with Crippen LogP contribution in [0.2, 0.25) is 0 Å². The third-order valence-corrected chi connectivity index (χ3v) is 3.80. The van der Waals surface area contributed by atoms with E-state index in [0.717, 1.165) is 16.7 Å². The maximum Gasteiger partial charge on any atom is 0.193 e. The van der Waals surface area contributed by atoms with Crippen molar-refractivity contribution in [2.45, 2.75) is 6.67 Å². The molecule has 0 aliphatic heterocycles. The first kappa shape index (κ1) is 21.7. The van der Waals surface area contributed by atoms with Crippen LogP contribution in [0.4, 0.5) is 8.78 Å². The predicted molar refractivity (Wildman–Crippen MR) is 114 cm³/mol. The number of alkyl halides is 1. The average Bonchev–Trinajstić information content (AvgIpc) is 2.81. The van der Waals surface area contributed by atoms with Crippen LogP contribution in [0.25, 0.3) is 0 Å². The predicted octanol–water partition coefficient (Wildman–Crippen LogP) is 6.90. The number of rotatable bonds is 3. The Hall–Kier alpha value is -3.59. The van der Waals surface area contributed by atoms with Gasteiger partial charge in [0.25, 0.3) is 0 Å². The number of hydrogen-bond acceptors (Lipinski definition) is 1. The monoisotopic (exact) mass is 388 g/mol. The number of hydrogen-bond donors (Lipinski definition) is 0. The summed E-state index contributed by atoms with van der Waals surface area (Å²) in [5.41, 5.74) is 2.21. The molecular formula is C26H22F2O. The van der Waals surface area contributed by atoms with Gasteiger partial charge in [0.1, 0.15) is 12.5 Å². The van der Waals surface area contributed by atoms with Crippen LogP contribution in [-0.4, -0.2) is 5.78 Å². The van der Waals surface area contributed by atoms with Gasteiger partial charge in [-0.05, 0) is 17.7 Å². The molecule has 0 aliphatic carbocycles. The summed E-state index contributed by atoms with van der Waals surface area (Å²) in [5, 5.41) is 0. The molecule has 0 unspecified atom stereocenters. The lowest BCUT2D eigenvalue weighted by atomic mass is 10.0. The number of carbonyl (C=O) groups is 1. The lowest BCUT2D eigenvalue weighted by Gasteiger charge is -1.99. The highest BCUT2D eigenvalue weighted by Crippen LogP contribution is 2.08. The van der Waals surface area contributed by atoms with Gasteiger partial charge in [-0.3, -0.25) is 4.79 Å². The zero-order valence-electron chi connectivity index (χ0n) is 15.9. The highest BCUT2D eigenvalue weighted by atomic mass is 19.1. The van der Waals surface area contributed by atoms with Gasteiger partial charge in [-0.1, -0.05) is 109 Å². The van der Waals surface area contributed by atoms with Gasteiger partial charge in [-0.25, -0.2) is 8.78 Å². The molecule has 0 aliphatic rings. The summed E-state index contributed by atoms with van der Waals surface area (Å²) in [6.07, 6.45) is 0. The Morgan fingerprint density at radius 1 is 0.552 bits per heavy atom. The summed E-state index contributed by atoms with van der Waals surface area (Å²) in [4.78, 5) is 11.8. The molecule has 0 saturated carbocycles. The van der Waals surface area contributed by atoms with E-state index in [1.54, 1.807) is 30.3 Å². The molecule has 29 heavy (non-hydrogen) atoms. The number of benzene rings is 4. The van der Waals surface area contributed by atoms with E-state index in [-0.39, 0.29) is 18.3 Å². The third-order valence-electron chi connectivity index (χ3n) is 3.80. The summed E-state index contributed by atoms with van der Waals surface area (Å²) in [5.74, 6) is -0.103. The van der Waals surface area contributed by atoms with Crippen LogP contribution in [0.1, 0.15) is 21.5 Å². The largest absolute Gasteiger partial charge is 0.289 e. The maximum absolute atomic E-state index is 11.9. The van der Waals surface area contributed by atoms with E-state index in [2.05, 4.69) is 0 Å². The fourth-order valence-corrected chi connectivity index (χ4v) is 2.33. The second-order valence-corrected chi connectivity index (χ2v) is 5.98. The Kier molecular flexibility index (Phi) is 9.53. The fourth-order valence-electron chi connectivity index (χ4n) is 2.33. The molecule has 0 N–H and O–H groups in total. The fraction of sp³-hybridized carbons (Fsp3) is 0.0385. The third kappa shape index (κ3) is 8.31. The summed E-state index contributed by atoms with van der Waals surface area (Å²) < 4.78 is 23.6. The molecule has 0 aromatic heterocycles. The van der Waals surface area contributed by atoms with Crippen molar-refractivity contribution >= 4 is 5.78 Å².